The maximum atomic E-state index is 5.97. The predicted octanol–water partition coefficient (Wildman–Crippen LogP) is 1.53. The molecule has 2 heteroatoms. The second kappa shape index (κ2) is 2.79. The molecule has 1 aromatic rings. The van der Waals surface area contributed by atoms with Crippen molar-refractivity contribution in [2.45, 2.75) is 13.0 Å². The summed E-state index contributed by atoms with van der Waals surface area (Å²) in [5.41, 5.74) is 8.57. The van der Waals surface area contributed by atoms with E-state index in [1.54, 1.807) is 0 Å². The van der Waals surface area contributed by atoms with Crippen LogP contribution in [0.3, 0.4) is 0 Å². The number of fused-ring (bicyclic) bond motifs is 1. The molecule has 0 saturated heterocycles. The Kier molecular flexibility index (Phi) is 1.77. The third-order valence-electron chi connectivity index (χ3n) is 2.48. The molecule has 0 saturated carbocycles. The van der Waals surface area contributed by atoms with Crippen LogP contribution in [-0.4, -0.2) is 13.1 Å². The molecule has 0 aliphatic carbocycles. The van der Waals surface area contributed by atoms with Crippen LogP contribution in [0.5, 0.6) is 0 Å². The Balaban J connectivity index is 2.43. The Labute approximate surface area is 73.0 Å². The topological polar surface area (TPSA) is 29.3 Å². The molecule has 2 rings (SSSR count). The lowest BCUT2D eigenvalue weighted by Crippen LogP contribution is -2.23. The number of likely N-dealkylation sites (N-methyl/N-ethyl adjacent to an activating group) is 1. The van der Waals surface area contributed by atoms with Gasteiger partial charge in [0, 0.05) is 24.8 Å². The van der Waals surface area contributed by atoms with Crippen LogP contribution in [0.15, 0.2) is 24.3 Å². The molecule has 64 valence electrons. The molecule has 0 amide bonds. The highest BCUT2D eigenvalue weighted by atomic mass is 15.2. The number of para-hydroxylation sites is 1. The van der Waals surface area contributed by atoms with E-state index in [0.717, 1.165) is 13.1 Å². The van der Waals surface area contributed by atoms with Gasteiger partial charge in [0.1, 0.15) is 0 Å². The van der Waals surface area contributed by atoms with Gasteiger partial charge >= 0.3 is 0 Å². The van der Waals surface area contributed by atoms with Gasteiger partial charge < -0.3 is 10.6 Å². The maximum absolute atomic E-state index is 5.97. The number of nitrogens with zero attached hydrogens (tertiary/aromatic N) is 1. The molecule has 0 bridgehead atoms. The van der Waals surface area contributed by atoms with Gasteiger partial charge in [-0.05, 0) is 18.6 Å². The van der Waals surface area contributed by atoms with Gasteiger partial charge in [-0.15, -0.1) is 0 Å². The summed E-state index contributed by atoms with van der Waals surface area (Å²) < 4.78 is 0. The molecule has 0 spiro atoms. The molecule has 12 heavy (non-hydrogen) atoms. The highest BCUT2D eigenvalue weighted by Gasteiger charge is 2.23. The maximum Gasteiger partial charge on any atom is 0.0493 e. The Morgan fingerprint density at radius 1 is 1.50 bits per heavy atom. The minimum absolute atomic E-state index is 0.209. The molecule has 1 atom stereocenters. The molecule has 0 aromatic heterocycles. The lowest BCUT2D eigenvalue weighted by Gasteiger charge is -2.15. The number of anilines is 1. The summed E-state index contributed by atoms with van der Waals surface area (Å²) in [6.07, 6.45) is 0. The summed E-state index contributed by atoms with van der Waals surface area (Å²) in [6, 6.07) is 8.60. The average Bonchev–Trinajstić information content (AvgIpc) is 2.44. The molecule has 2 N–H and O–H groups in total. The van der Waals surface area contributed by atoms with Crippen LogP contribution in [-0.2, 0) is 0 Å². The van der Waals surface area contributed by atoms with E-state index in [9.17, 15) is 0 Å². The van der Waals surface area contributed by atoms with Crippen LogP contribution in [0, 0.1) is 0 Å². The standard InChI is InChI=1S/C10H14N2/c1-2-12-7-9(11)8-5-3-4-6-10(8)12/h3-6,9H,2,7,11H2,1H3. The Bertz CT molecular complexity index is 283. The normalized spacial score (nSPS) is 21.2. The fourth-order valence-electron chi connectivity index (χ4n) is 1.82. The SMILES string of the molecule is CCN1CC(N)c2ccccc21. The van der Waals surface area contributed by atoms with E-state index >= 15 is 0 Å². The first-order valence-corrected chi connectivity index (χ1v) is 4.42. The van der Waals surface area contributed by atoms with Crippen molar-refractivity contribution < 1.29 is 0 Å². The van der Waals surface area contributed by atoms with Gasteiger partial charge in [-0.1, -0.05) is 18.2 Å². The zero-order valence-corrected chi connectivity index (χ0v) is 7.33. The van der Waals surface area contributed by atoms with Crippen LogP contribution in [0.25, 0.3) is 0 Å². The monoisotopic (exact) mass is 162 g/mol. The summed E-state index contributed by atoms with van der Waals surface area (Å²) in [7, 11) is 0. The Hall–Kier alpha value is -1.02. The molecule has 1 aliphatic heterocycles. The van der Waals surface area contributed by atoms with Crippen LogP contribution < -0.4 is 10.6 Å². The smallest absolute Gasteiger partial charge is 0.0493 e. The van der Waals surface area contributed by atoms with E-state index in [4.69, 9.17) is 5.73 Å². The van der Waals surface area contributed by atoms with E-state index in [2.05, 4.69) is 36.1 Å². The molecular weight excluding hydrogens is 148 g/mol. The van der Waals surface area contributed by atoms with E-state index in [0.29, 0.717) is 0 Å². The minimum Gasteiger partial charge on any atom is -0.370 e. The molecule has 1 aliphatic rings. The van der Waals surface area contributed by atoms with Crippen molar-refractivity contribution in [2.24, 2.45) is 5.73 Å². The molecule has 0 radical (unpaired) electrons. The van der Waals surface area contributed by atoms with Crippen molar-refractivity contribution >= 4 is 5.69 Å². The zero-order valence-electron chi connectivity index (χ0n) is 7.33. The fourth-order valence-corrected chi connectivity index (χ4v) is 1.82. The van der Waals surface area contributed by atoms with Gasteiger partial charge in [-0.3, -0.25) is 0 Å². The van der Waals surface area contributed by atoms with E-state index in [1.165, 1.54) is 11.3 Å². The first kappa shape index (κ1) is 7.62. The summed E-state index contributed by atoms with van der Waals surface area (Å²) >= 11 is 0. The molecular formula is C10H14N2. The lowest BCUT2D eigenvalue weighted by molar-refractivity contribution is 0.734. The second-order valence-electron chi connectivity index (χ2n) is 3.20. The molecule has 2 nitrogen and oxygen atoms in total. The van der Waals surface area contributed by atoms with Gasteiger partial charge in [0.05, 0.1) is 0 Å². The van der Waals surface area contributed by atoms with Crippen LogP contribution in [0.2, 0.25) is 0 Å². The number of benzene rings is 1. The van der Waals surface area contributed by atoms with E-state index < -0.39 is 0 Å². The number of rotatable bonds is 1. The minimum atomic E-state index is 0.209. The van der Waals surface area contributed by atoms with E-state index in [-0.39, 0.29) is 6.04 Å². The Morgan fingerprint density at radius 3 is 3.00 bits per heavy atom. The van der Waals surface area contributed by atoms with Crippen LogP contribution in [0.4, 0.5) is 5.69 Å². The third-order valence-corrected chi connectivity index (χ3v) is 2.48. The average molecular weight is 162 g/mol. The van der Waals surface area contributed by atoms with E-state index in [1.807, 2.05) is 0 Å². The van der Waals surface area contributed by atoms with Crippen molar-refractivity contribution in [3.8, 4) is 0 Å². The van der Waals surface area contributed by atoms with Gasteiger partial charge in [-0.25, -0.2) is 0 Å². The molecule has 1 heterocycles. The van der Waals surface area contributed by atoms with Gasteiger partial charge in [0.2, 0.25) is 0 Å². The van der Waals surface area contributed by atoms with Gasteiger partial charge in [-0.2, -0.15) is 0 Å². The Morgan fingerprint density at radius 2 is 2.25 bits per heavy atom. The number of nitrogens with two attached hydrogens (primary N) is 1. The third kappa shape index (κ3) is 0.994. The largest absolute Gasteiger partial charge is 0.370 e. The van der Waals surface area contributed by atoms with Crippen molar-refractivity contribution in [3.63, 3.8) is 0 Å². The van der Waals surface area contributed by atoms with Crippen molar-refractivity contribution in [3.05, 3.63) is 29.8 Å². The predicted molar refractivity (Wildman–Crippen MR) is 51.3 cm³/mol. The highest BCUT2D eigenvalue weighted by Crippen LogP contribution is 2.32. The molecule has 1 aromatic carbocycles. The quantitative estimate of drug-likeness (QED) is 0.678. The summed E-state index contributed by atoms with van der Waals surface area (Å²) in [4.78, 5) is 2.32. The van der Waals surface area contributed by atoms with Crippen molar-refractivity contribution in [1.29, 1.82) is 0 Å². The fraction of sp³-hybridized carbons (Fsp3) is 0.400. The highest BCUT2D eigenvalue weighted by molar-refractivity contribution is 5.59. The summed E-state index contributed by atoms with van der Waals surface area (Å²) in [6.45, 7) is 4.18. The second-order valence-corrected chi connectivity index (χ2v) is 3.20. The lowest BCUT2D eigenvalue weighted by atomic mass is 10.1. The van der Waals surface area contributed by atoms with Crippen molar-refractivity contribution in [2.75, 3.05) is 18.0 Å². The summed E-state index contributed by atoms with van der Waals surface area (Å²) in [5, 5.41) is 0. The van der Waals surface area contributed by atoms with Crippen LogP contribution >= 0.6 is 0 Å². The van der Waals surface area contributed by atoms with Crippen molar-refractivity contribution in [1.82, 2.24) is 0 Å². The summed E-state index contributed by atoms with van der Waals surface area (Å²) in [5.74, 6) is 0. The van der Waals surface area contributed by atoms with Crippen LogP contribution in [0.1, 0.15) is 18.5 Å². The number of hydrogen-bond donors (Lipinski definition) is 1. The first-order chi connectivity index (χ1) is 5.83. The first-order valence-electron chi connectivity index (χ1n) is 4.42. The van der Waals surface area contributed by atoms with Gasteiger partial charge in [0.25, 0.3) is 0 Å². The molecule has 1 unspecified atom stereocenters. The van der Waals surface area contributed by atoms with Gasteiger partial charge in [0.15, 0.2) is 0 Å². The molecule has 0 fully saturated rings. The zero-order chi connectivity index (χ0) is 8.55. The number of hydrogen-bond acceptors (Lipinski definition) is 2.